The summed E-state index contributed by atoms with van der Waals surface area (Å²) in [5, 5.41) is 3.50. The molecule has 0 saturated heterocycles. The molecule has 0 bridgehead atoms. The fraction of sp³-hybridized carbons (Fsp3) is 0.133. The smallest absolute Gasteiger partial charge is 0.246 e. The number of hydrogen-bond donors (Lipinski definition) is 1. The second kappa shape index (κ2) is 5.13. The molecule has 1 aliphatic rings. The first-order chi connectivity index (χ1) is 9.65. The van der Waals surface area contributed by atoms with Crippen molar-refractivity contribution in [2.45, 2.75) is 6.54 Å². The van der Waals surface area contributed by atoms with Gasteiger partial charge in [-0.05, 0) is 30.3 Å². The molecule has 1 aliphatic heterocycles. The third-order valence-electron chi connectivity index (χ3n) is 3.26. The Balaban J connectivity index is 1.97. The van der Waals surface area contributed by atoms with Crippen molar-refractivity contribution in [2.75, 3.05) is 16.8 Å². The average Bonchev–Trinajstić information content (AvgIpc) is 2.46. The highest BCUT2D eigenvalue weighted by Gasteiger charge is 2.24. The number of anilines is 2. The molecule has 5 heteroatoms. The van der Waals surface area contributed by atoms with Gasteiger partial charge in [0.25, 0.3) is 0 Å². The Morgan fingerprint density at radius 1 is 1.25 bits per heavy atom. The van der Waals surface area contributed by atoms with Crippen LogP contribution in [-0.2, 0) is 11.3 Å². The van der Waals surface area contributed by atoms with Crippen molar-refractivity contribution in [3.63, 3.8) is 0 Å². The lowest BCUT2D eigenvalue weighted by Crippen LogP contribution is -2.39. The number of carbonyl (C=O) groups excluding carboxylic acids is 1. The number of rotatable bonds is 2. The van der Waals surface area contributed by atoms with Crippen molar-refractivity contribution in [3.8, 4) is 0 Å². The monoisotopic (exact) mass is 290 g/mol. The van der Waals surface area contributed by atoms with Gasteiger partial charge in [0.2, 0.25) is 5.91 Å². The Morgan fingerprint density at radius 3 is 2.90 bits per heavy atom. The highest BCUT2D eigenvalue weighted by atomic mass is 35.5. The van der Waals surface area contributed by atoms with Crippen LogP contribution in [0.2, 0.25) is 5.02 Å². The number of carbonyl (C=O) groups is 1. The van der Waals surface area contributed by atoms with Gasteiger partial charge in [0, 0.05) is 10.6 Å². The van der Waals surface area contributed by atoms with E-state index in [1.165, 1.54) is 12.1 Å². The third kappa shape index (κ3) is 2.34. The van der Waals surface area contributed by atoms with E-state index in [9.17, 15) is 9.18 Å². The summed E-state index contributed by atoms with van der Waals surface area (Å²) in [4.78, 5) is 13.6. The third-order valence-corrected chi connectivity index (χ3v) is 3.50. The van der Waals surface area contributed by atoms with E-state index in [1.54, 1.807) is 11.0 Å². The van der Waals surface area contributed by atoms with Crippen LogP contribution in [0.15, 0.2) is 42.5 Å². The lowest BCUT2D eigenvalue weighted by Gasteiger charge is -2.30. The molecule has 0 aromatic heterocycles. The summed E-state index contributed by atoms with van der Waals surface area (Å²) in [6, 6.07) is 11.8. The van der Waals surface area contributed by atoms with E-state index in [4.69, 9.17) is 11.6 Å². The average molecular weight is 291 g/mol. The zero-order valence-electron chi connectivity index (χ0n) is 10.6. The van der Waals surface area contributed by atoms with Gasteiger partial charge in [-0.2, -0.15) is 0 Å². The van der Waals surface area contributed by atoms with Gasteiger partial charge in [0.1, 0.15) is 5.82 Å². The highest BCUT2D eigenvalue weighted by Crippen LogP contribution is 2.30. The summed E-state index contributed by atoms with van der Waals surface area (Å²) in [7, 11) is 0. The zero-order chi connectivity index (χ0) is 14.1. The maximum atomic E-state index is 13.8. The first-order valence-electron chi connectivity index (χ1n) is 6.22. The number of nitrogens with one attached hydrogen (secondary N) is 1. The van der Waals surface area contributed by atoms with Crippen LogP contribution in [0.25, 0.3) is 0 Å². The standard InChI is InChI=1S/C15H12ClFN2O/c16-11-5-6-12(17)10(7-11)9-19-14-4-2-1-3-13(14)18-8-15(19)20/h1-7,18H,8-9H2. The van der Waals surface area contributed by atoms with Crippen LogP contribution in [0.5, 0.6) is 0 Å². The fourth-order valence-corrected chi connectivity index (χ4v) is 2.46. The number of nitrogens with zero attached hydrogens (tertiary/aromatic N) is 1. The van der Waals surface area contributed by atoms with E-state index in [1.807, 2.05) is 24.3 Å². The Hall–Kier alpha value is -2.07. The van der Waals surface area contributed by atoms with Crippen LogP contribution in [-0.4, -0.2) is 12.5 Å². The van der Waals surface area contributed by atoms with Crippen molar-refractivity contribution in [1.82, 2.24) is 0 Å². The van der Waals surface area contributed by atoms with Gasteiger partial charge >= 0.3 is 0 Å². The van der Waals surface area contributed by atoms with Crippen LogP contribution in [0.3, 0.4) is 0 Å². The predicted octanol–water partition coefficient (Wildman–Crippen LogP) is 3.44. The molecule has 0 radical (unpaired) electrons. The molecule has 1 amide bonds. The minimum Gasteiger partial charge on any atom is -0.374 e. The predicted molar refractivity (Wildman–Crippen MR) is 77.5 cm³/mol. The van der Waals surface area contributed by atoms with Crippen LogP contribution < -0.4 is 10.2 Å². The highest BCUT2D eigenvalue weighted by molar-refractivity contribution is 6.30. The lowest BCUT2D eigenvalue weighted by molar-refractivity contribution is -0.117. The molecule has 1 N–H and O–H groups in total. The molecule has 0 atom stereocenters. The molecule has 0 saturated carbocycles. The molecule has 2 aromatic carbocycles. The number of halogens is 2. The van der Waals surface area contributed by atoms with E-state index in [0.717, 1.165) is 11.4 Å². The van der Waals surface area contributed by atoms with Gasteiger partial charge in [0.05, 0.1) is 24.5 Å². The molecule has 2 aromatic rings. The van der Waals surface area contributed by atoms with E-state index in [-0.39, 0.29) is 24.8 Å². The second-order valence-corrected chi connectivity index (χ2v) is 5.02. The first kappa shape index (κ1) is 12.9. The van der Waals surface area contributed by atoms with Crippen molar-refractivity contribution in [1.29, 1.82) is 0 Å². The van der Waals surface area contributed by atoms with E-state index in [0.29, 0.717) is 10.6 Å². The summed E-state index contributed by atoms with van der Waals surface area (Å²) in [6.07, 6.45) is 0. The molecule has 1 heterocycles. The van der Waals surface area contributed by atoms with Gasteiger partial charge in [-0.15, -0.1) is 0 Å². The SMILES string of the molecule is O=C1CNc2ccccc2N1Cc1cc(Cl)ccc1F. The van der Waals surface area contributed by atoms with E-state index < -0.39 is 0 Å². The molecule has 0 spiro atoms. The van der Waals surface area contributed by atoms with Gasteiger partial charge in [0.15, 0.2) is 0 Å². The van der Waals surface area contributed by atoms with Crippen molar-refractivity contribution in [2.24, 2.45) is 0 Å². The van der Waals surface area contributed by atoms with Crippen LogP contribution in [0.4, 0.5) is 15.8 Å². The molecule has 0 unspecified atom stereocenters. The maximum absolute atomic E-state index is 13.8. The van der Waals surface area contributed by atoms with Gasteiger partial charge < -0.3 is 10.2 Å². The first-order valence-corrected chi connectivity index (χ1v) is 6.60. The maximum Gasteiger partial charge on any atom is 0.246 e. The van der Waals surface area contributed by atoms with Crippen molar-refractivity contribution < 1.29 is 9.18 Å². The van der Waals surface area contributed by atoms with Gasteiger partial charge in [-0.25, -0.2) is 4.39 Å². The Bertz CT molecular complexity index is 675. The molecule has 3 nitrogen and oxygen atoms in total. The van der Waals surface area contributed by atoms with E-state index in [2.05, 4.69) is 5.32 Å². The number of fused-ring (bicyclic) bond motifs is 1. The summed E-state index contributed by atoms with van der Waals surface area (Å²) in [5.41, 5.74) is 2.03. The molecule has 3 rings (SSSR count). The van der Waals surface area contributed by atoms with Crippen LogP contribution >= 0.6 is 11.6 Å². The lowest BCUT2D eigenvalue weighted by atomic mass is 10.1. The molecule has 102 valence electrons. The molecular weight excluding hydrogens is 279 g/mol. The topological polar surface area (TPSA) is 32.3 Å². The van der Waals surface area contributed by atoms with Gasteiger partial charge in [-0.1, -0.05) is 23.7 Å². The second-order valence-electron chi connectivity index (χ2n) is 4.59. The summed E-state index contributed by atoms with van der Waals surface area (Å²) in [6.45, 7) is 0.378. The zero-order valence-corrected chi connectivity index (χ0v) is 11.3. The Labute approximate surface area is 121 Å². The van der Waals surface area contributed by atoms with Crippen molar-refractivity contribution >= 4 is 28.9 Å². The summed E-state index contributed by atoms with van der Waals surface area (Å²) < 4.78 is 13.8. The quantitative estimate of drug-likeness (QED) is 0.919. The van der Waals surface area contributed by atoms with E-state index >= 15 is 0 Å². The fourth-order valence-electron chi connectivity index (χ4n) is 2.27. The normalized spacial score (nSPS) is 13.9. The number of para-hydroxylation sites is 2. The largest absolute Gasteiger partial charge is 0.374 e. The molecule has 0 aliphatic carbocycles. The minimum absolute atomic E-state index is 0.0944. The summed E-state index contributed by atoms with van der Waals surface area (Å²) in [5.74, 6) is -0.457. The van der Waals surface area contributed by atoms with Crippen LogP contribution in [0, 0.1) is 5.82 Å². The number of hydrogen-bond acceptors (Lipinski definition) is 2. The Kier molecular flexibility index (Phi) is 3.32. The minimum atomic E-state index is -0.363. The molecule has 0 fully saturated rings. The number of amides is 1. The number of benzene rings is 2. The van der Waals surface area contributed by atoms with Gasteiger partial charge in [-0.3, -0.25) is 4.79 Å². The van der Waals surface area contributed by atoms with Crippen molar-refractivity contribution in [3.05, 3.63) is 58.9 Å². The molecule has 20 heavy (non-hydrogen) atoms. The summed E-state index contributed by atoms with van der Waals surface area (Å²) >= 11 is 5.89. The van der Waals surface area contributed by atoms with Crippen LogP contribution in [0.1, 0.15) is 5.56 Å². The molecular formula is C15H12ClFN2O. The Morgan fingerprint density at radius 2 is 2.05 bits per heavy atom.